The van der Waals surface area contributed by atoms with Crippen LogP contribution in [0.25, 0.3) is 0 Å². The molecule has 0 N–H and O–H groups in total. The SMILES string of the molecule is CC(=O)OC(C(=O)c1cccs1)c1ccccc1Cl. The minimum atomic E-state index is -0.996. The molecule has 0 spiro atoms. The number of thiophene rings is 1. The van der Waals surface area contributed by atoms with Gasteiger partial charge in [0.2, 0.25) is 5.78 Å². The summed E-state index contributed by atoms with van der Waals surface area (Å²) in [5, 5.41) is 2.20. The van der Waals surface area contributed by atoms with E-state index in [0.29, 0.717) is 15.5 Å². The first-order valence-electron chi connectivity index (χ1n) is 5.59. The number of Topliss-reactive ketones (excluding diaryl/α,β-unsaturated/α-hetero) is 1. The molecule has 0 aliphatic rings. The van der Waals surface area contributed by atoms with Crippen molar-refractivity contribution >= 4 is 34.7 Å². The summed E-state index contributed by atoms with van der Waals surface area (Å²) in [6.45, 7) is 1.27. The molecule has 0 aliphatic carbocycles. The van der Waals surface area contributed by atoms with E-state index in [2.05, 4.69) is 0 Å². The minimum absolute atomic E-state index is 0.265. The fourth-order valence-corrected chi connectivity index (χ4v) is 2.58. The van der Waals surface area contributed by atoms with Gasteiger partial charge < -0.3 is 4.74 Å². The van der Waals surface area contributed by atoms with Crippen molar-refractivity contribution in [2.24, 2.45) is 0 Å². The maximum atomic E-state index is 12.4. The summed E-state index contributed by atoms with van der Waals surface area (Å²) in [5.74, 6) is -0.784. The molecule has 1 aromatic heterocycles. The molecular formula is C14H11ClO3S. The summed E-state index contributed by atoms with van der Waals surface area (Å²) < 4.78 is 5.14. The molecule has 0 radical (unpaired) electrons. The van der Waals surface area contributed by atoms with Gasteiger partial charge in [0, 0.05) is 17.5 Å². The van der Waals surface area contributed by atoms with Gasteiger partial charge in [-0.25, -0.2) is 0 Å². The Hall–Kier alpha value is -1.65. The van der Waals surface area contributed by atoms with Crippen LogP contribution in [0.3, 0.4) is 0 Å². The molecule has 3 nitrogen and oxygen atoms in total. The van der Waals surface area contributed by atoms with Crippen molar-refractivity contribution in [1.82, 2.24) is 0 Å². The summed E-state index contributed by atoms with van der Waals surface area (Å²) in [4.78, 5) is 24.1. The largest absolute Gasteiger partial charge is 0.449 e. The van der Waals surface area contributed by atoms with E-state index in [4.69, 9.17) is 16.3 Å². The Labute approximate surface area is 119 Å². The number of ether oxygens (including phenoxy) is 1. The zero-order chi connectivity index (χ0) is 13.8. The van der Waals surface area contributed by atoms with E-state index in [0.717, 1.165) is 0 Å². The summed E-state index contributed by atoms with van der Waals surface area (Å²) in [7, 11) is 0. The summed E-state index contributed by atoms with van der Waals surface area (Å²) in [6, 6.07) is 10.3. The third-order valence-electron chi connectivity index (χ3n) is 2.47. The molecule has 1 aromatic carbocycles. The molecule has 5 heteroatoms. The number of hydrogen-bond donors (Lipinski definition) is 0. The van der Waals surface area contributed by atoms with Gasteiger partial charge in [0.1, 0.15) is 0 Å². The van der Waals surface area contributed by atoms with Gasteiger partial charge in [0.25, 0.3) is 0 Å². The van der Waals surface area contributed by atoms with Crippen molar-refractivity contribution in [3.8, 4) is 0 Å². The molecule has 98 valence electrons. The average Bonchev–Trinajstić information content (AvgIpc) is 2.90. The number of carbonyl (C=O) groups excluding carboxylic acids is 2. The van der Waals surface area contributed by atoms with Gasteiger partial charge in [-0.2, -0.15) is 0 Å². The van der Waals surface area contributed by atoms with Crippen molar-refractivity contribution in [3.05, 3.63) is 57.2 Å². The van der Waals surface area contributed by atoms with Gasteiger partial charge in [-0.05, 0) is 17.5 Å². The monoisotopic (exact) mass is 294 g/mol. The fraction of sp³-hybridized carbons (Fsp3) is 0.143. The predicted molar refractivity (Wildman–Crippen MR) is 74.6 cm³/mol. The highest BCUT2D eigenvalue weighted by atomic mass is 35.5. The third-order valence-corrected chi connectivity index (χ3v) is 3.70. The van der Waals surface area contributed by atoms with E-state index >= 15 is 0 Å². The standard InChI is InChI=1S/C14H11ClO3S/c1-9(16)18-14(10-5-2-3-6-11(10)15)13(17)12-7-4-8-19-12/h2-8,14H,1H3. The molecule has 2 rings (SSSR count). The van der Waals surface area contributed by atoms with Crippen LogP contribution in [0.4, 0.5) is 0 Å². The topological polar surface area (TPSA) is 43.4 Å². The number of benzene rings is 1. The molecule has 1 heterocycles. The number of halogens is 1. The lowest BCUT2D eigenvalue weighted by Crippen LogP contribution is -2.18. The van der Waals surface area contributed by atoms with Crippen molar-refractivity contribution < 1.29 is 14.3 Å². The van der Waals surface area contributed by atoms with Crippen LogP contribution < -0.4 is 0 Å². The summed E-state index contributed by atoms with van der Waals surface area (Å²) in [6.07, 6.45) is -0.996. The van der Waals surface area contributed by atoms with Crippen molar-refractivity contribution in [1.29, 1.82) is 0 Å². The van der Waals surface area contributed by atoms with E-state index < -0.39 is 12.1 Å². The second-order valence-electron chi connectivity index (χ2n) is 3.85. The van der Waals surface area contributed by atoms with Crippen LogP contribution in [0.1, 0.15) is 28.3 Å². The maximum Gasteiger partial charge on any atom is 0.303 e. The van der Waals surface area contributed by atoms with E-state index in [9.17, 15) is 9.59 Å². The van der Waals surface area contributed by atoms with Crippen LogP contribution >= 0.6 is 22.9 Å². The Morgan fingerprint density at radius 2 is 1.95 bits per heavy atom. The average molecular weight is 295 g/mol. The second-order valence-corrected chi connectivity index (χ2v) is 5.21. The van der Waals surface area contributed by atoms with Crippen LogP contribution in [0, 0.1) is 0 Å². The third kappa shape index (κ3) is 3.22. The van der Waals surface area contributed by atoms with Crippen molar-refractivity contribution in [2.75, 3.05) is 0 Å². The van der Waals surface area contributed by atoms with Gasteiger partial charge in [-0.15, -0.1) is 11.3 Å². The first kappa shape index (κ1) is 13.8. The summed E-state index contributed by atoms with van der Waals surface area (Å²) >= 11 is 7.37. The molecule has 19 heavy (non-hydrogen) atoms. The fourth-order valence-electron chi connectivity index (χ4n) is 1.66. The van der Waals surface area contributed by atoms with Crippen LogP contribution in [-0.4, -0.2) is 11.8 Å². The lowest BCUT2D eigenvalue weighted by molar-refractivity contribution is -0.144. The van der Waals surface area contributed by atoms with Gasteiger partial charge in [0.05, 0.1) is 4.88 Å². The van der Waals surface area contributed by atoms with Crippen LogP contribution in [0.2, 0.25) is 5.02 Å². The number of carbonyl (C=O) groups is 2. The zero-order valence-corrected chi connectivity index (χ0v) is 11.7. The molecule has 0 saturated heterocycles. The lowest BCUT2D eigenvalue weighted by Gasteiger charge is -2.16. The zero-order valence-electron chi connectivity index (χ0n) is 10.1. The molecule has 0 bridgehead atoms. The van der Waals surface area contributed by atoms with Gasteiger partial charge in [-0.1, -0.05) is 35.9 Å². The first-order valence-corrected chi connectivity index (χ1v) is 6.84. The van der Waals surface area contributed by atoms with Gasteiger partial charge >= 0.3 is 5.97 Å². The number of ketones is 1. The second kappa shape index (κ2) is 5.99. The Balaban J connectivity index is 2.39. The predicted octanol–water partition coefficient (Wildman–Crippen LogP) is 3.89. The normalized spacial score (nSPS) is 11.9. The molecule has 0 saturated carbocycles. The van der Waals surface area contributed by atoms with Gasteiger partial charge in [-0.3, -0.25) is 9.59 Å². The molecular weight excluding hydrogens is 284 g/mol. The Kier molecular flexibility index (Phi) is 4.35. The number of hydrogen-bond acceptors (Lipinski definition) is 4. The smallest absolute Gasteiger partial charge is 0.303 e. The first-order chi connectivity index (χ1) is 9.09. The maximum absolute atomic E-state index is 12.4. The quantitative estimate of drug-likeness (QED) is 0.635. The van der Waals surface area contributed by atoms with Crippen molar-refractivity contribution in [2.45, 2.75) is 13.0 Å². The highest BCUT2D eigenvalue weighted by Crippen LogP contribution is 2.29. The van der Waals surface area contributed by atoms with E-state index in [-0.39, 0.29) is 5.78 Å². The van der Waals surface area contributed by atoms with Crippen LogP contribution in [-0.2, 0) is 9.53 Å². The molecule has 0 fully saturated rings. The molecule has 2 aromatic rings. The molecule has 0 amide bonds. The number of rotatable bonds is 4. The Morgan fingerprint density at radius 1 is 1.21 bits per heavy atom. The van der Waals surface area contributed by atoms with E-state index in [1.165, 1.54) is 18.3 Å². The highest BCUT2D eigenvalue weighted by Gasteiger charge is 2.27. The molecule has 1 unspecified atom stereocenters. The Bertz CT molecular complexity index is 592. The molecule has 1 atom stereocenters. The lowest BCUT2D eigenvalue weighted by atomic mass is 10.0. The highest BCUT2D eigenvalue weighted by molar-refractivity contribution is 7.12. The minimum Gasteiger partial charge on any atom is -0.449 e. The van der Waals surface area contributed by atoms with Crippen molar-refractivity contribution in [3.63, 3.8) is 0 Å². The van der Waals surface area contributed by atoms with E-state index in [1.54, 1.807) is 41.8 Å². The number of esters is 1. The Morgan fingerprint density at radius 3 is 2.53 bits per heavy atom. The van der Waals surface area contributed by atoms with Crippen LogP contribution in [0.5, 0.6) is 0 Å². The van der Waals surface area contributed by atoms with Gasteiger partial charge in [0.15, 0.2) is 6.10 Å². The van der Waals surface area contributed by atoms with Crippen LogP contribution in [0.15, 0.2) is 41.8 Å². The molecule has 0 aliphatic heterocycles. The summed E-state index contributed by atoms with van der Waals surface area (Å²) in [5.41, 5.74) is 0.498. The van der Waals surface area contributed by atoms with E-state index in [1.807, 2.05) is 0 Å².